The minimum absolute atomic E-state index is 0.0117. The van der Waals surface area contributed by atoms with E-state index in [2.05, 4.69) is 5.32 Å². The third kappa shape index (κ3) is 4.43. The SMILES string of the molecule is COC(=O)[C@@H]1CCN(C(=O)NCCc2cc(F)ccc2F)C[C@H]1C. The van der Waals surface area contributed by atoms with Gasteiger partial charge in [0.15, 0.2) is 0 Å². The molecule has 1 aliphatic heterocycles. The standard InChI is InChI=1S/C17H22F2N2O3/c1-11-10-21(8-6-14(11)16(22)24-2)17(23)20-7-5-12-9-13(18)3-4-15(12)19/h3-4,9,11,14H,5-8,10H2,1-2H3,(H,20,23)/t11-,14-/m1/s1. The van der Waals surface area contributed by atoms with Crippen LogP contribution in [0.4, 0.5) is 13.6 Å². The van der Waals surface area contributed by atoms with E-state index in [1.165, 1.54) is 7.11 Å². The lowest BCUT2D eigenvalue weighted by Gasteiger charge is -2.35. The van der Waals surface area contributed by atoms with Gasteiger partial charge in [-0.1, -0.05) is 6.92 Å². The Morgan fingerprint density at radius 2 is 2.12 bits per heavy atom. The quantitative estimate of drug-likeness (QED) is 0.856. The predicted octanol–water partition coefficient (Wildman–Crippen LogP) is 2.35. The number of ether oxygens (including phenoxy) is 1. The number of carbonyl (C=O) groups excluding carboxylic acids is 2. The van der Waals surface area contributed by atoms with Crippen molar-refractivity contribution in [1.82, 2.24) is 10.2 Å². The highest BCUT2D eigenvalue weighted by Gasteiger charge is 2.33. The number of likely N-dealkylation sites (tertiary alicyclic amines) is 1. The number of halogens is 2. The summed E-state index contributed by atoms with van der Waals surface area (Å²) in [6.45, 7) is 3.04. The van der Waals surface area contributed by atoms with Crippen LogP contribution in [-0.4, -0.2) is 43.6 Å². The molecule has 0 bridgehead atoms. The van der Waals surface area contributed by atoms with Crippen molar-refractivity contribution in [3.8, 4) is 0 Å². The van der Waals surface area contributed by atoms with Gasteiger partial charge in [-0.3, -0.25) is 4.79 Å². The van der Waals surface area contributed by atoms with E-state index in [-0.39, 0.29) is 42.4 Å². The molecule has 0 aromatic heterocycles. The van der Waals surface area contributed by atoms with Gasteiger partial charge in [-0.05, 0) is 42.5 Å². The fourth-order valence-electron chi connectivity index (χ4n) is 2.98. The number of nitrogens with one attached hydrogen (secondary N) is 1. The highest BCUT2D eigenvalue weighted by molar-refractivity contribution is 5.76. The van der Waals surface area contributed by atoms with E-state index >= 15 is 0 Å². The van der Waals surface area contributed by atoms with Crippen molar-refractivity contribution in [2.45, 2.75) is 19.8 Å². The molecule has 1 heterocycles. The first-order valence-corrected chi connectivity index (χ1v) is 7.97. The van der Waals surface area contributed by atoms with Crippen LogP contribution in [0.2, 0.25) is 0 Å². The van der Waals surface area contributed by atoms with E-state index in [4.69, 9.17) is 4.74 Å². The fraction of sp³-hybridized carbons (Fsp3) is 0.529. The largest absolute Gasteiger partial charge is 0.469 e. The Labute approximate surface area is 140 Å². The highest BCUT2D eigenvalue weighted by atomic mass is 19.1. The summed E-state index contributed by atoms with van der Waals surface area (Å²) in [4.78, 5) is 25.4. The first-order valence-electron chi connectivity index (χ1n) is 7.97. The van der Waals surface area contributed by atoms with Gasteiger partial charge in [0.1, 0.15) is 11.6 Å². The summed E-state index contributed by atoms with van der Waals surface area (Å²) in [5, 5.41) is 2.71. The lowest BCUT2D eigenvalue weighted by atomic mass is 9.87. The summed E-state index contributed by atoms with van der Waals surface area (Å²) in [5.74, 6) is -1.42. The lowest BCUT2D eigenvalue weighted by molar-refractivity contribution is -0.148. The van der Waals surface area contributed by atoms with Crippen molar-refractivity contribution in [2.75, 3.05) is 26.7 Å². The van der Waals surface area contributed by atoms with Crippen molar-refractivity contribution in [3.05, 3.63) is 35.4 Å². The molecule has 1 aromatic carbocycles. The summed E-state index contributed by atoms with van der Waals surface area (Å²) in [6, 6.07) is 3.00. The molecule has 2 amide bonds. The first kappa shape index (κ1) is 18.2. The number of amides is 2. The summed E-state index contributed by atoms with van der Waals surface area (Å²) in [7, 11) is 1.36. The van der Waals surface area contributed by atoms with Crippen LogP contribution in [0.3, 0.4) is 0 Å². The Balaban J connectivity index is 1.81. The number of rotatable bonds is 4. The number of esters is 1. The van der Waals surface area contributed by atoms with Crippen LogP contribution < -0.4 is 5.32 Å². The van der Waals surface area contributed by atoms with E-state index in [0.717, 1.165) is 18.2 Å². The smallest absolute Gasteiger partial charge is 0.317 e. The first-order chi connectivity index (χ1) is 11.4. The maximum atomic E-state index is 13.5. The van der Waals surface area contributed by atoms with Gasteiger partial charge in [0.05, 0.1) is 13.0 Å². The maximum Gasteiger partial charge on any atom is 0.317 e. The number of nitrogens with zero attached hydrogens (tertiary/aromatic N) is 1. The molecule has 2 rings (SSSR count). The Hall–Kier alpha value is -2.18. The minimum atomic E-state index is -0.503. The van der Waals surface area contributed by atoms with Gasteiger partial charge in [-0.25, -0.2) is 13.6 Å². The van der Waals surface area contributed by atoms with Gasteiger partial charge >= 0.3 is 12.0 Å². The van der Waals surface area contributed by atoms with Crippen LogP contribution in [-0.2, 0) is 16.0 Å². The van der Waals surface area contributed by atoms with E-state index < -0.39 is 11.6 Å². The second-order valence-corrected chi connectivity index (χ2v) is 6.06. The molecule has 5 nitrogen and oxygen atoms in total. The molecule has 0 radical (unpaired) electrons. The molecular formula is C17H22F2N2O3. The zero-order chi connectivity index (χ0) is 17.7. The number of piperidine rings is 1. The molecule has 1 saturated heterocycles. The Bertz CT molecular complexity index is 609. The molecular weight excluding hydrogens is 318 g/mol. The molecule has 24 heavy (non-hydrogen) atoms. The second kappa shape index (κ2) is 8.08. The Morgan fingerprint density at radius 3 is 2.79 bits per heavy atom. The number of methoxy groups -OCH3 is 1. The van der Waals surface area contributed by atoms with E-state index in [1.54, 1.807) is 4.90 Å². The molecule has 0 unspecified atom stereocenters. The van der Waals surface area contributed by atoms with Crippen LogP contribution in [0.5, 0.6) is 0 Å². The molecule has 2 atom stereocenters. The number of hydrogen-bond donors (Lipinski definition) is 1. The zero-order valence-electron chi connectivity index (χ0n) is 13.9. The zero-order valence-corrected chi connectivity index (χ0v) is 13.9. The van der Waals surface area contributed by atoms with Crippen LogP contribution in [0.15, 0.2) is 18.2 Å². The third-order valence-corrected chi connectivity index (χ3v) is 4.37. The lowest BCUT2D eigenvalue weighted by Crippen LogP contribution is -2.49. The summed E-state index contributed by atoms with van der Waals surface area (Å²) >= 11 is 0. The number of hydrogen-bond acceptors (Lipinski definition) is 3. The van der Waals surface area contributed by atoms with Gasteiger partial charge in [0.25, 0.3) is 0 Å². The van der Waals surface area contributed by atoms with Crippen LogP contribution in [0, 0.1) is 23.5 Å². The van der Waals surface area contributed by atoms with Crippen LogP contribution >= 0.6 is 0 Å². The molecule has 1 aliphatic rings. The van der Waals surface area contributed by atoms with Gasteiger partial charge in [0.2, 0.25) is 0 Å². The van der Waals surface area contributed by atoms with Gasteiger partial charge in [-0.15, -0.1) is 0 Å². The number of carbonyl (C=O) groups is 2. The molecule has 7 heteroatoms. The molecule has 132 valence electrons. The highest BCUT2D eigenvalue weighted by Crippen LogP contribution is 2.24. The average Bonchev–Trinajstić information content (AvgIpc) is 2.57. The summed E-state index contributed by atoms with van der Waals surface area (Å²) in [6.07, 6.45) is 0.767. The van der Waals surface area contributed by atoms with Crippen molar-refractivity contribution >= 4 is 12.0 Å². The van der Waals surface area contributed by atoms with Crippen molar-refractivity contribution < 1.29 is 23.1 Å². The van der Waals surface area contributed by atoms with Gasteiger partial charge in [-0.2, -0.15) is 0 Å². The molecule has 1 N–H and O–H groups in total. The third-order valence-electron chi connectivity index (χ3n) is 4.37. The summed E-state index contributed by atoms with van der Waals surface area (Å²) in [5.41, 5.74) is 0.230. The minimum Gasteiger partial charge on any atom is -0.469 e. The number of benzene rings is 1. The Kier molecular flexibility index (Phi) is 6.11. The molecule has 0 saturated carbocycles. The fourth-order valence-corrected chi connectivity index (χ4v) is 2.98. The second-order valence-electron chi connectivity index (χ2n) is 6.06. The van der Waals surface area contributed by atoms with Gasteiger partial charge in [0, 0.05) is 19.6 Å². The molecule has 1 aromatic rings. The molecule has 1 fully saturated rings. The van der Waals surface area contributed by atoms with Crippen molar-refractivity contribution in [2.24, 2.45) is 11.8 Å². The van der Waals surface area contributed by atoms with Crippen molar-refractivity contribution in [1.29, 1.82) is 0 Å². The summed E-state index contributed by atoms with van der Waals surface area (Å²) < 4.78 is 31.4. The van der Waals surface area contributed by atoms with E-state index in [1.807, 2.05) is 6.92 Å². The molecule has 0 spiro atoms. The predicted molar refractivity (Wildman–Crippen MR) is 84.3 cm³/mol. The maximum absolute atomic E-state index is 13.5. The Morgan fingerprint density at radius 1 is 1.38 bits per heavy atom. The molecule has 0 aliphatic carbocycles. The topological polar surface area (TPSA) is 58.6 Å². The van der Waals surface area contributed by atoms with E-state index in [0.29, 0.717) is 19.5 Å². The van der Waals surface area contributed by atoms with Crippen LogP contribution in [0.1, 0.15) is 18.9 Å². The van der Waals surface area contributed by atoms with E-state index in [9.17, 15) is 18.4 Å². The van der Waals surface area contributed by atoms with Crippen LogP contribution in [0.25, 0.3) is 0 Å². The number of urea groups is 1. The van der Waals surface area contributed by atoms with Crippen molar-refractivity contribution in [3.63, 3.8) is 0 Å². The average molecular weight is 340 g/mol. The van der Waals surface area contributed by atoms with Gasteiger partial charge < -0.3 is 15.0 Å². The normalized spacial score (nSPS) is 20.6. The monoisotopic (exact) mass is 340 g/mol.